The van der Waals surface area contributed by atoms with Crippen molar-refractivity contribution in [2.24, 2.45) is 5.18 Å². The van der Waals surface area contributed by atoms with Gasteiger partial charge in [0.15, 0.2) is 0 Å². The molecule has 2 heteroatoms. The fourth-order valence-corrected chi connectivity index (χ4v) is 3.26. The first-order chi connectivity index (χ1) is 9.88. The van der Waals surface area contributed by atoms with Gasteiger partial charge < -0.3 is 0 Å². The monoisotopic (exact) mass is 259 g/mol. The number of hydrogen-bond acceptors (Lipinski definition) is 2. The summed E-state index contributed by atoms with van der Waals surface area (Å²) in [5.41, 5.74) is 5.48. The summed E-state index contributed by atoms with van der Waals surface area (Å²) in [5.74, 6) is 0. The standard InChI is InChI=1S/C18H13NO/c20-19-17-11-13-6-2-4-8-15(13)18-14-7-3-1-5-12(14)9-10-16(17)18/h1-8,11H,9-10H2. The summed E-state index contributed by atoms with van der Waals surface area (Å²) in [6.07, 6.45) is 1.86. The highest BCUT2D eigenvalue weighted by Gasteiger charge is 2.21. The summed E-state index contributed by atoms with van der Waals surface area (Å²) in [4.78, 5) is 11.2. The Balaban J connectivity index is 2.19. The molecule has 1 aliphatic carbocycles. The molecule has 1 aliphatic rings. The molecule has 0 N–H and O–H groups in total. The fraction of sp³-hybridized carbons (Fsp3) is 0.111. The zero-order valence-electron chi connectivity index (χ0n) is 11.0. The lowest BCUT2D eigenvalue weighted by Crippen LogP contribution is -2.04. The van der Waals surface area contributed by atoms with Crippen LogP contribution in [0.4, 0.5) is 5.69 Å². The third-order valence-corrected chi connectivity index (χ3v) is 4.16. The molecule has 2 nitrogen and oxygen atoms in total. The Labute approximate surface area is 117 Å². The minimum atomic E-state index is 0.591. The number of fused-ring (bicyclic) bond motifs is 5. The maximum atomic E-state index is 11.2. The van der Waals surface area contributed by atoms with Crippen molar-refractivity contribution < 1.29 is 0 Å². The summed E-state index contributed by atoms with van der Waals surface area (Å²) in [6.45, 7) is 0. The van der Waals surface area contributed by atoms with E-state index in [-0.39, 0.29) is 0 Å². The van der Waals surface area contributed by atoms with Gasteiger partial charge in [-0.05, 0) is 57.1 Å². The molecule has 0 saturated heterocycles. The van der Waals surface area contributed by atoms with Crippen LogP contribution >= 0.6 is 0 Å². The van der Waals surface area contributed by atoms with Crippen LogP contribution in [0.15, 0.2) is 59.8 Å². The van der Waals surface area contributed by atoms with Crippen molar-refractivity contribution in [3.63, 3.8) is 0 Å². The lowest BCUT2D eigenvalue weighted by Gasteiger charge is -2.22. The van der Waals surface area contributed by atoms with E-state index in [2.05, 4.69) is 35.5 Å². The van der Waals surface area contributed by atoms with Gasteiger partial charge in [-0.15, -0.1) is 4.91 Å². The summed E-state index contributed by atoms with van der Waals surface area (Å²) in [7, 11) is 0. The number of benzene rings is 3. The average molecular weight is 259 g/mol. The predicted octanol–water partition coefficient (Wildman–Crippen LogP) is 5.00. The molecule has 4 rings (SSSR count). The molecule has 3 aromatic rings. The fourth-order valence-electron chi connectivity index (χ4n) is 3.26. The van der Waals surface area contributed by atoms with Crippen LogP contribution in [0.3, 0.4) is 0 Å². The molecule has 0 atom stereocenters. The second-order valence-electron chi connectivity index (χ2n) is 5.22. The molecule has 0 amide bonds. The molecule has 3 aromatic carbocycles. The Hall–Kier alpha value is -2.48. The quantitative estimate of drug-likeness (QED) is 0.565. The largest absolute Gasteiger partial charge is 0.145 e. The van der Waals surface area contributed by atoms with Gasteiger partial charge in [0.1, 0.15) is 5.69 Å². The molecule has 0 aromatic heterocycles. The molecule has 0 unspecified atom stereocenters. The van der Waals surface area contributed by atoms with E-state index >= 15 is 0 Å². The van der Waals surface area contributed by atoms with E-state index in [1.54, 1.807) is 0 Å². The van der Waals surface area contributed by atoms with Crippen LogP contribution in [0.25, 0.3) is 21.9 Å². The van der Waals surface area contributed by atoms with Gasteiger partial charge >= 0.3 is 0 Å². The number of aryl methyl sites for hydroxylation is 1. The van der Waals surface area contributed by atoms with Crippen LogP contribution in [0, 0.1) is 4.91 Å². The highest BCUT2D eigenvalue weighted by Crippen LogP contribution is 2.43. The van der Waals surface area contributed by atoms with Crippen molar-refractivity contribution in [3.05, 3.63) is 70.6 Å². The highest BCUT2D eigenvalue weighted by atomic mass is 16.3. The van der Waals surface area contributed by atoms with E-state index in [1.807, 2.05) is 24.3 Å². The number of hydrogen-bond donors (Lipinski definition) is 0. The van der Waals surface area contributed by atoms with Crippen LogP contribution in [0.5, 0.6) is 0 Å². The molecular weight excluding hydrogens is 246 g/mol. The molecule has 0 fully saturated rings. The Morgan fingerprint density at radius 1 is 0.900 bits per heavy atom. The lowest BCUT2D eigenvalue weighted by molar-refractivity contribution is 0.944. The average Bonchev–Trinajstić information content (AvgIpc) is 2.53. The van der Waals surface area contributed by atoms with Crippen LogP contribution in [0.1, 0.15) is 11.1 Å². The predicted molar refractivity (Wildman–Crippen MR) is 82.2 cm³/mol. The maximum absolute atomic E-state index is 11.2. The zero-order chi connectivity index (χ0) is 13.5. The molecular formula is C18H13NO. The summed E-state index contributed by atoms with van der Waals surface area (Å²) in [5, 5.41) is 5.55. The molecule has 0 heterocycles. The summed E-state index contributed by atoms with van der Waals surface area (Å²) in [6, 6.07) is 18.6. The van der Waals surface area contributed by atoms with E-state index in [0.717, 1.165) is 23.8 Å². The Morgan fingerprint density at radius 2 is 1.70 bits per heavy atom. The van der Waals surface area contributed by atoms with Gasteiger partial charge in [-0.25, -0.2) is 0 Å². The van der Waals surface area contributed by atoms with E-state index in [9.17, 15) is 4.91 Å². The van der Waals surface area contributed by atoms with Crippen molar-refractivity contribution >= 4 is 16.5 Å². The van der Waals surface area contributed by atoms with E-state index in [1.165, 1.54) is 22.1 Å². The Kier molecular flexibility index (Phi) is 2.43. The number of rotatable bonds is 1. The molecule has 96 valence electrons. The number of nitrogens with zero attached hydrogens (tertiary/aromatic N) is 1. The van der Waals surface area contributed by atoms with Gasteiger partial charge in [0, 0.05) is 0 Å². The van der Waals surface area contributed by atoms with Gasteiger partial charge in [0.25, 0.3) is 0 Å². The van der Waals surface area contributed by atoms with Crippen LogP contribution in [-0.4, -0.2) is 0 Å². The first-order valence-corrected chi connectivity index (χ1v) is 6.85. The van der Waals surface area contributed by atoms with Gasteiger partial charge in [-0.3, -0.25) is 0 Å². The Morgan fingerprint density at radius 3 is 2.60 bits per heavy atom. The second kappa shape index (κ2) is 4.27. The normalized spacial score (nSPS) is 12.8. The van der Waals surface area contributed by atoms with E-state index < -0.39 is 0 Å². The minimum Gasteiger partial charge on any atom is -0.145 e. The molecule has 20 heavy (non-hydrogen) atoms. The van der Waals surface area contributed by atoms with Gasteiger partial charge in [-0.2, -0.15) is 0 Å². The molecule has 0 bridgehead atoms. The van der Waals surface area contributed by atoms with Crippen LogP contribution < -0.4 is 0 Å². The smallest absolute Gasteiger partial charge is 0.112 e. The first kappa shape index (κ1) is 11.4. The van der Waals surface area contributed by atoms with Crippen LogP contribution in [0.2, 0.25) is 0 Å². The van der Waals surface area contributed by atoms with Crippen molar-refractivity contribution in [1.29, 1.82) is 0 Å². The SMILES string of the molecule is O=Nc1cc2ccccc2c2c1CCc1ccccc1-2. The summed E-state index contributed by atoms with van der Waals surface area (Å²) >= 11 is 0. The zero-order valence-corrected chi connectivity index (χ0v) is 11.0. The van der Waals surface area contributed by atoms with E-state index in [0.29, 0.717) is 5.69 Å². The van der Waals surface area contributed by atoms with Gasteiger partial charge in [0.2, 0.25) is 0 Å². The molecule has 0 spiro atoms. The lowest BCUT2D eigenvalue weighted by atomic mass is 9.82. The van der Waals surface area contributed by atoms with Crippen molar-refractivity contribution in [3.8, 4) is 11.1 Å². The minimum absolute atomic E-state index is 0.591. The highest BCUT2D eigenvalue weighted by molar-refractivity contribution is 6.02. The van der Waals surface area contributed by atoms with Gasteiger partial charge in [0.05, 0.1) is 0 Å². The van der Waals surface area contributed by atoms with Crippen LogP contribution in [-0.2, 0) is 12.8 Å². The molecule has 0 saturated carbocycles. The van der Waals surface area contributed by atoms with Crippen molar-refractivity contribution in [1.82, 2.24) is 0 Å². The third-order valence-electron chi connectivity index (χ3n) is 4.16. The van der Waals surface area contributed by atoms with Crippen molar-refractivity contribution in [2.45, 2.75) is 12.8 Å². The number of nitroso groups, excluding NO2 is 1. The summed E-state index contributed by atoms with van der Waals surface area (Å²) < 4.78 is 0. The Bertz CT molecular complexity index is 836. The van der Waals surface area contributed by atoms with Crippen molar-refractivity contribution in [2.75, 3.05) is 0 Å². The maximum Gasteiger partial charge on any atom is 0.112 e. The second-order valence-corrected chi connectivity index (χ2v) is 5.22. The topological polar surface area (TPSA) is 29.4 Å². The van der Waals surface area contributed by atoms with Gasteiger partial charge in [-0.1, -0.05) is 48.5 Å². The first-order valence-electron chi connectivity index (χ1n) is 6.85. The molecule has 0 aliphatic heterocycles. The molecule has 0 radical (unpaired) electrons. The third kappa shape index (κ3) is 1.51. The van der Waals surface area contributed by atoms with E-state index in [4.69, 9.17) is 0 Å².